The lowest BCUT2D eigenvalue weighted by Gasteiger charge is -2.21. The summed E-state index contributed by atoms with van der Waals surface area (Å²) in [6.07, 6.45) is 3.06. The molecule has 3 aromatic heterocycles. The molecular weight excluding hydrogens is 334 g/mol. The second-order valence-corrected chi connectivity index (χ2v) is 6.10. The number of nitrogens with zero attached hydrogens (tertiary/aromatic N) is 1. The number of fused-ring (bicyclic) bond motifs is 2. The Morgan fingerprint density at radius 2 is 1.73 bits per heavy atom. The van der Waals surface area contributed by atoms with E-state index in [1.54, 1.807) is 54.8 Å². The molecular formula is C20H13NO5. The number of hydrogen-bond donors (Lipinski definition) is 0. The molecule has 0 fully saturated rings. The van der Waals surface area contributed by atoms with Gasteiger partial charge in [-0.25, -0.2) is 0 Å². The third kappa shape index (κ3) is 2.05. The van der Waals surface area contributed by atoms with Crippen LogP contribution in [0.2, 0.25) is 0 Å². The molecule has 1 aliphatic rings. The first kappa shape index (κ1) is 14.8. The highest BCUT2D eigenvalue weighted by molar-refractivity contribution is 5.98. The molecule has 128 valence electrons. The summed E-state index contributed by atoms with van der Waals surface area (Å²) in [6.45, 7) is 0.206. The minimum Gasteiger partial charge on any atom is -0.467 e. The Hall–Kier alpha value is -3.54. The first-order chi connectivity index (χ1) is 12.7. The zero-order valence-corrected chi connectivity index (χ0v) is 13.5. The largest absolute Gasteiger partial charge is 0.467 e. The fourth-order valence-electron chi connectivity index (χ4n) is 3.44. The van der Waals surface area contributed by atoms with Gasteiger partial charge >= 0.3 is 0 Å². The first-order valence-corrected chi connectivity index (χ1v) is 8.16. The Morgan fingerprint density at radius 1 is 0.923 bits per heavy atom. The maximum Gasteiger partial charge on any atom is 0.291 e. The van der Waals surface area contributed by atoms with Gasteiger partial charge in [-0.05, 0) is 36.4 Å². The van der Waals surface area contributed by atoms with Crippen molar-refractivity contribution < 1.29 is 18.0 Å². The van der Waals surface area contributed by atoms with E-state index in [4.69, 9.17) is 13.3 Å². The molecule has 4 heterocycles. The lowest BCUT2D eigenvalue weighted by Crippen LogP contribution is -2.28. The van der Waals surface area contributed by atoms with Crippen molar-refractivity contribution in [3.8, 4) is 0 Å². The minimum atomic E-state index is -0.654. The van der Waals surface area contributed by atoms with Crippen molar-refractivity contribution in [1.82, 2.24) is 4.90 Å². The number of rotatable bonds is 3. The predicted octanol–water partition coefficient (Wildman–Crippen LogP) is 3.72. The molecule has 1 atom stereocenters. The van der Waals surface area contributed by atoms with Gasteiger partial charge in [0.15, 0.2) is 5.43 Å². The van der Waals surface area contributed by atoms with Crippen molar-refractivity contribution in [2.45, 2.75) is 12.6 Å². The van der Waals surface area contributed by atoms with Crippen LogP contribution in [0.25, 0.3) is 11.0 Å². The molecule has 0 radical (unpaired) electrons. The zero-order valence-electron chi connectivity index (χ0n) is 13.5. The van der Waals surface area contributed by atoms with Gasteiger partial charge in [0.05, 0.1) is 30.0 Å². The topological polar surface area (TPSA) is 76.8 Å². The average molecular weight is 347 g/mol. The molecule has 6 nitrogen and oxygen atoms in total. The molecule has 5 rings (SSSR count). The van der Waals surface area contributed by atoms with Crippen molar-refractivity contribution in [3.63, 3.8) is 0 Å². The van der Waals surface area contributed by atoms with Crippen LogP contribution in [0.15, 0.2) is 79.1 Å². The molecule has 0 N–H and O–H groups in total. The lowest BCUT2D eigenvalue weighted by atomic mass is 10.0. The number of furan rings is 2. The molecule has 0 saturated heterocycles. The molecule has 6 heteroatoms. The van der Waals surface area contributed by atoms with E-state index in [1.165, 1.54) is 11.2 Å². The Bertz CT molecular complexity index is 1150. The van der Waals surface area contributed by atoms with Gasteiger partial charge in [-0.1, -0.05) is 12.1 Å². The van der Waals surface area contributed by atoms with Crippen molar-refractivity contribution in [1.29, 1.82) is 0 Å². The van der Waals surface area contributed by atoms with E-state index < -0.39 is 6.04 Å². The maximum atomic E-state index is 13.1. The van der Waals surface area contributed by atoms with Gasteiger partial charge in [-0.3, -0.25) is 9.59 Å². The summed E-state index contributed by atoms with van der Waals surface area (Å²) in [5.41, 5.74) is 0.469. The molecule has 0 aliphatic carbocycles. The van der Waals surface area contributed by atoms with Crippen LogP contribution in [-0.2, 0) is 6.54 Å². The Labute approximate surface area is 147 Å². The molecule has 1 aliphatic heterocycles. The van der Waals surface area contributed by atoms with Crippen molar-refractivity contribution in [3.05, 3.63) is 94.1 Å². The molecule has 4 aromatic rings. The van der Waals surface area contributed by atoms with Gasteiger partial charge in [-0.15, -0.1) is 0 Å². The van der Waals surface area contributed by atoms with Crippen LogP contribution < -0.4 is 5.43 Å². The lowest BCUT2D eigenvalue weighted by molar-refractivity contribution is 0.0686. The fourth-order valence-corrected chi connectivity index (χ4v) is 3.44. The molecule has 1 aromatic carbocycles. The van der Waals surface area contributed by atoms with E-state index in [9.17, 15) is 9.59 Å². The fraction of sp³-hybridized carbons (Fsp3) is 0.100. The van der Waals surface area contributed by atoms with Crippen molar-refractivity contribution in [2.24, 2.45) is 0 Å². The summed E-state index contributed by atoms with van der Waals surface area (Å²) in [5, 5.41) is 0.440. The van der Waals surface area contributed by atoms with Crippen LogP contribution in [0.5, 0.6) is 0 Å². The quantitative estimate of drug-likeness (QED) is 0.564. The van der Waals surface area contributed by atoms with E-state index in [1.807, 2.05) is 0 Å². The van der Waals surface area contributed by atoms with Crippen LogP contribution in [0.1, 0.15) is 33.7 Å². The highest BCUT2D eigenvalue weighted by Crippen LogP contribution is 2.39. The molecule has 1 amide bonds. The van der Waals surface area contributed by atoms with Gasteiger partial charge in [0.2, 0.25) is 5.76 Å². The monoisotopic (exact) mass is 347 g/mol. The first-order valence-electron chi connectivity index (χ1n) is 8.16. The average Bonchev–Trinajstić information content (AvgIpc) is 3.39. The van der Waals surface area contributed by atoms with Crippen LogP contribution in [0, 0.1) is 0 Å². The molecule has 0 spiro atoms. The van der Waals surface area contributed by atoms with Gasteiger partial charge in [0, 0.05) is 0 Å². The number of carbonyl (C=O) groups is 1. The second-order valence-electron chi connectivity index (χ2n) is 6.10. The highest BCUT2D eigenvalue weighted by Gasteiger charge is 2.44. The summed E-state index contributed by atoms with van der Waals surface area (Å²) in [6, 6.07) is 13.3. The molecule has 0 saturated carbocycles. The van der Waals surface area contributed by atoms with E-state index in [0.29, 0.717) is 28.1 Å². The number of para-hydroxylation sites is 1. The standard InChI is InChI=1S/C20H13NO5/c22-18-13-6-1-2-7-14(13)26-19-16(18)17(15-8-4-10-25-15)21(20(19)23)11-12-5-3-9-24-12/h1-10,17H,11H2. The normalized spacial score (nSPS) is 16.4. The van der Waals surface area contributed by atoms with Gasteiger partial charge in [-0.2, -0.15) is 0 Å². The maximum absolute atomic E-state index is 13.1. The summed E-state index contributed by atoms with van der Waals surface area (Å²) < 4.78 is 16.7. The van der Waals surface area contributed by atoms with Gasteiger partial charge < -0.3 is 18.2 Å². The molecule has 26 heavy (non-hydrogen) atoms. The van der Waals surface area contributed by atoms with Crippen LogP contribution in [0.3, 0.4) is 0 Å². The SMILES string of the molecule is O=C1c2oc3ccccc3c(=O)c2C(c2ccco2)N1Cc1ccco1. The molecule has 0 bridgehead atoms. The Balaban J connectivity index is 1.75. The Morgan fingerprint density at radius 3 is 2.50 bits per heavy atom. The number of carbonyl (C=O) groups excluding carboxylic acids is 1. The molecule has 1 unspecified atom stereocenters. The predicted molar refractivity (Wildman–Crippen MR) is 91.6 cm³/mol. The third-order valence-corrected chi connectivity index (χ3v) is 4.59. The van der Waals surface area contributed by atoms with E-state index in [-0.39, 0.29) is 23.6 Å². The minimum absolute atomic E-state index is 0.0571. The van der Waals surface area contributed by atoms with Crippen LogP contribution >= 0.6 is 0 Å². The third-order valence-electron chi connectivity index (χ3n) is 4.59. The number of hydrogen-bond acceptors (Lipinski definition) is 5. The van der Waals surface area contributed by atoms with Crippen LogP contribution in [0.4, 0.5) is 0 Å². The summed E-state index contributed by atoms with van der Waals surface area (Å²) >= 11 is 0. The summed E-state index contributed by atoms with van der Waals surface area (Å²) in [4.78, 5) is 27.7. The smallest absolute Gasteiger partial charge is 0.291 e. The Kier molecular flexibility index (Phi) is 3.12. The van der Waals surface area contributed by atoms with Crippen molar-refractivity contribution >= 4 is 16.9 Å². The van der Waals surface area contributed by atoms with Crippen molar-refractivity contribution in [2.75, 3.05) is 0 Å². The van der Waals surface area contributed by atoms with Gasteiger partial charge in [0.25, 0.3) is 5.91 Å². The highest BCUT2D eigenvalue weighted by atomic mass is 16.4. The summed E-state index contributed by atoms with van der Waals surface area (Å²) in [5.74, 6) is 0.813. The van der Waals surface area contributed by atoms with Crippen LogP contribution in [-0.4, -0.2) is 10.8 Å². The van der Waals surface area contributed by atoms with E-state index in [0.717, 1.165) is 0 Å². The number of benzene rings is 1. The number of amides is 1. The second kappa shape index (κ2) is 5.49. The van der Waals surface area contributed by atoms with Gasteiger partial charge in [0.1, 0.15) is 23.1 Å². The summed E-state index contributed by atoms with van der Waals surface area (Å²) in [7, 11) is 0. The zero-order chi connectivity index (χ0) is 17.7. The van der Waals surface area contributed by atoms with E-state index >= 15 is 0 Å². The van der Waals surface area contributed by atoms with E-state index in [2.05, 4.69) is 0 Å².